The van der Waals surface area contributed by atoms with Crippen LogP contribution in [-0.2, 0) is 9.31 Å². The van der Waals surface area contributed by atoms with Gasteiger partial charge in [0.05, 0.1) is 13.2 Å². The van der Waals surface area contributed by atoms with E-state index in [4.69, 9.17) is 9.31 Å². The van der Waals surface area contributed by atoms with E-state index >= 15 is 0 Å². The van der Waals surface area contributed by atoms with Gasteiger partial charge in [-0.3, -0.25) is 0 Å². The van der Waals surface area contributed by atoms with Crippen molar-refractivity contribution in [1.82, 2.24) is 0 Å². The van der Waals surface area contributed by atoms with Crippen molar-refractivity contribution in [2.24, 2.45) is 0 Å². The molecule has 0 aromatic rings. The normalized spacial score (nSPS) is 19.9. The summed E-state index contributed by atoms with van der Waals surface area (Å²) in [5.41, 5.74) is 0. The predicted octanol–water partition coefficient (Wildman–Crippen LogP) is 1.19. The zero-order chi connectivity index (χ0) is 7.23. The van der Waals surface area contributed by atoms with Crippen molar-refractivity contribution in [3.05, 3.63) is 24.2 Å². The van der Waals surface area contributed by atoms with E-state index < -0.39 is 0 Å². The molecular formula is C7H11BO2. The van der Waals surface area contributed by atoms with Crippen molar-refractivity contribution in [2.75, 3.05) is 13.2 Å². The Morgan fingerprint density at radius 1 is 1.20 bits per heavy atom. The lowest BCUT2D eigenvalue weighted by atomic mass is 9.91. The van der Waals surface area contributed by atoms with Gasteiger partial charge in [0.2, 0.25) is 0 Å². The average Bonchev–Trinajstić information content (AvgIpc) is 2.41. The molecule has 0 N–H and O–H groups in total. The van der Waals surface area contributed by atoms with E-state index in [1.165, 1.54) is 0 Å². The van der Waals surface area contributed by atoms with Gasteiger partial charge in [-0.25, -0.2) is 0 Å². The van der Waals surface area contributed by atoms with Gasteiger partial charge in [0, 0.05) is 0 Å². The standard InChI is InChI=1S/C7H11BO2/c1-2-3-4-5-8-9-6-7-10-8/h2-5H,6-7H2,1H3. The fourth-order valence-electron chi connectivity index (χ4n) is 0.754. The van der Waals surface area contributed by atoms with E-state index in [0.717, 1.165) is 0 Å². The van der Waals surface area contributed by atoms with Gasteiger partial charge in [-0.15, -0.1) is 0 Å². The Kier molecular flexibility index (Phi) is 3.26. The first kappa shape index (κ1) is 7.57. The topological polar surface area (TPSA) is 18.5 Å². The molecule has 0 bridgehead atoms. The Hall–Kier alpha value is -0.535. The van der Waals surface area contributed by atoms with Crippen LogP contribution in [0.1, 0.15) is 6.92 Å². The molecule has 1 rings (SSSR count). The summed E-state index contributed by atoms with van der Waals surface area (Å²) in [6.45, 7) is 3.40. The second-order valence-corrected chi connectivity index (χ2v) is 2.02. The molecule has 0 aromatic carbocycles. The lowest BCUT2D eigenvalue weighted by molar-refractivity contribution is 0.365. The molecule has 0 radical (unpaired) electrons. The molecule has 0 spiro atoms. The van der Waals surface area contributed by atoms with E-state index in [-0.39, 0.29) is 7.12 Å². The third-order valence-corrected chi connectivity index (χ3v) is 1.22. The van der Waals surface area contributed by atoms with Crippen LogP contribution in [0.2, 0.25) is 0 Å². The summed E-state index contributed by atoms with van der Waals surface area (Å²) in [5, 5.41) is 0. The SMILES string of the molecule is CC=CC=CB1OCCO1. The lowest BCUT2D eigenvalue weighted by Crippen LogP contribution is -2.09. The molecule has 1 aliphatic rings. The Bertz CT molecular complexity index is 137. The first-order chi connectivity index (χ1) is 4.93. The Morgan fingerprint density at radius 2 is 1.90 bits per heavy atom. The smallest absolute Gasteiger partial charge is 0.405 e. The lowest BCUT2D eigenvalue weighted by Gasteiger charge is -1.92. The van der Waals surface area contributed by atoms with E-state index in [1.807, 2.05) is 31.1 Å². The highest BCUT2D eigenvalue weighted by Crippen LogP contribution is 1.99. The summed E-state index contributed by atoms with van der Waals surface area (Å²) >= 11 is 0. The summed E-state index contributed by atoms with van der Waals surface area (Å²) < 4.78 is 10.3. The zero-order valence-electron chi connectivity index (χ0n) is 6.12. The van der Waals surface area contributed by atoms with Gasteiger partial charge in [-0.05, 0) is 6.92 Å². The van der Waals surface area contributed by atoms with Crippen LogP contribution in [0.4, 0.5) is 0 Å². The van der Waals surface area contributed by atoms with Crippen LogP contribution >= 0.6 is 0 Å². The molecule has 1 fully saturated rings. The van der Waals surface area contributed by atoms with Crippen molar-refractivity contribution in [3.63, 3.8) is 0 Å². The van der Waals surface area contributed by atoms with E-state index in [1.54, 1.807) is 0 Å². The molecule has 0 atom stereocenters. The minimum Gasteiger partial charge on any atom is -0.405 e. The van der Waals surface area contributed by atoms with Crippen LogP contribution in [-0.4, -0.2) is 20.3 Å². The van der Waals surface area contributed by atoms with Gasteiger partial charge in [-0.2, -0.15) is 0 Å². The molecule has 0 amide bonds. The fourth-order valence-corrected chi connectivity index (χ4v) is 0.754. The van der Waals surface area contributed by atoms with Crippen LogP contribution in [0.5, 0.6) is 0 Å². The monoisotopic (exact) mass is 138 g/mol. The number of allylic oxidation sites excluding steroid dienone is 3. The molecule has 1 aliphatic heterocycles. The third kappa shape index (κ3) is 2.37. The van der Waals surface area contributed by atoms with Crippen molar-refractivity contribution in [3.8, 4) is 0 Å². The molecule has 2 nitrogen and oxygen atoms in total. The van der Waals surface area contributed by atoms with E-state index in [0.29, 0.717) is 13.2 Å². The van der Waals surface area contributed by atoms with E-state index in [2.05, 4.69) is 0 Å². The van der Waals surface area contributed by atoms with Gasteiger partial charge in [-0.1, -0.05) is 24.2 Å². The molecule has 0 saturated carbocycles. The quantitative estimate of drug-likeness (QED) is 0.421. The number of rotatable bonds is 2. The molecule has 0 unspecified atom stereocenters. The summed E-state index contributed by atoms with van der Waals surface area (Å²) in [5.74, 6) is 1.90. The summed E-state index contributed by atoms with van der Waals surface area (Å²) in [6, 6.07) is 0. The third-order valence-electron chi connectivity index (χ3n) is 1.22. The van der Waals surface area contributed by atoms with Gasteiger partial charge in [0.15, 0.2) is 0 Å². The number of hydrogen-bond acceptors (Lipinski definition) is 2. The Balaban J connectivity index is 2.22. The summed E-state index contributed by atoms with van der Waals surface area (Å²) in [4.78, 5) is 0. The summed E-state index contributed by atoms with van der Waals surface area (Å²) in [6.07, 6.45) is 5.84. The van der Waals surface area contributed by atoms with Gasteiger partial charge in [0.25, 0.3) is 0 Å². The highest BCUT2D eigenvalue weighted by molar-refractivity contribution is 6.51. The molecule has 1 heterocycles. The van der Waals surface area contributed by atoms with Crippen molar-refractivity contribution in [1.29, 1.82) is 0 Å². The second-order valence-electron chi connectivity index (χ2n) is 2.02. The molecule has 54 valence electrons. The molecule has 10 heavy (non-hydrogen) atoms. The second kappa shape index (κ2) is 4.31. The first-order valence-electron chi connectivity index (χ1n) is 3.46. The van der Waals surface area contributed by atoms with Crippen LogP contribution in [0, 0.1) is 0 Å². The average molecular weight is 138 g/mol. The summed E-state index contributed by atoms with van der Waals surface area (Å²) in [7, 11) is -0.115. The maximum atomic E-state index is 5.16. The first-order valence-corrected chi connectivity index (χ1v) is 3.46. The highest BCUT2D eigenvalue weighted by Gasteiger charge is 2.18. The van der Waals surface area contributed by atoms with Crippen molar-refractivity contribution < 1.29 is 9.31 Å². The maximum absolute atomic E-state index is 5.16. The van der Waals surface area contributed by atoms with Gasteiger partial charge >= 0.3 is 7.12 Å². The minimum atomic E-state index is -0.115. The van der Waals surface area contributed by atoms with Crippen LogP contribution in [0.15, 0.2) is 24.2 Å². The highest BCUT2D eigenvalue weighted by atomic mass is 16.6. The molecular weight excluding hydrogens is 127 g/mol. The Labute approximate surface area is 61.7 Å². The largest absolute Gasteiger partial charge is 0.486 e. The zero-order valence-corrected chi connectivity index (χ0v) is 6.12. The predicted molar refractivity (Wildman–Crippen MR) is 41.6 cm³/mol. The van der Waals surface area contributed by atoms with Crippen LogP contribution in [0.3, 0.4) is 0 Å². The minimum absolute atomic E-state index is 0.115. The number of hydrogen-bond donors (Lipinski definition) is 0. The molecule has 0 aliphatic carbocycles. The van der Waals surface area contributed by atoms with Crippen LogP contribution in [0.25, 0.3) is 0 Å². The van der Waals surface area contributed by atoms with Gasteiger partial charge in [0.1, 0.15) is 0 Å². The van der Waals surface area contributed by atoms with E-state index in [9.17, 15) is 0 Å². The maximum Gasteiger partial charge on any atom is 0.486 e. The van der Waals surface area contributed by atoms with Gasteiger partial charge < -0.3 is 9.31 Å². The van der Waals surface area contributed by atoms with Crippen molar-refractivity contribution >= 4 is 7.12 Å². The van der Waals surface area contributed by atoms with Crippen LogP contribution < -0.4 is 0 Å². The Morgan fingerprint density at radius 3 is 2.50 bits per heavy atom. The van der Waals surface area contributed by atoms with Crippen molar-refractivity contribution in [2.45, 2.75) is 6.92 Å². The molecule has 0 aromatic heterocycles. The fraction of sp³-hybridized carbons (Fsp3) is 0.429. The molecule has 1 saturated heterocycles. The molecule has 3 heteroatoms.